The van der Waals surface area contributed by atoms with E-state index in [1.165, 1.54) is 14.2 Å². The standard InChI is InChI=1S/C22H28N2O4/c1-13(2)16-8-7-9-17(14(3)4)20(16)24-22(26)21(25)23-18-12-15(27-5)10-11-19(18)28-6/h7-14H,1-6H3,(H,23,25)(H,24,26). The fourth-order valence-electron chi connectivity index (χ4n) is 2.96. The topological polar surface area (TPSA) is 76.7 Å². The number of carbonyl (C=O) groups excluding carboxylic acids is 2. The summed E-state index contributed by atoms with van der Waals surface area (Å²) in [5, 5.41) is 5.40. The van der Waals surface area contributed by atoms with Crippen LogP contribution in [0.15, 0.2) is 36.4 Å². The van der Waals surface area contributed by atoms with Gasteiger partial charge in [-0.15, -0.1) is 0 Å². The fourth-order valence-corrected chi connectivity index (χ4v) is 2.96. The number of anilines is 2. The molecule has 2 aromatic carbocycles. The number of amides is 2. The molecule has 0 atom stereocenters. The Morgan fingerprint density at radius 1 is 0.821 bits per heavy atom. The van der Waals surface area contributed by atoms with Crippen molar-refractivity contribution < 1.29 is 19.1 Å². The lowest BCUT2D eigenvalue weighted by Gasteiger charge is -2.20. The van der Waals surface area contributed by atoms with Crippen molar-refractivity contribution in [3.63, 3.8) is 0 Å². The zero-order valence-corrected chi connectivity index (χ0v) is 17.3. The molecule has 0 fully saturated rings. The molecule has 0 aliphatic carbocycles. The second-order valence-electron chi connectivity index (χ2n) is 7.10. The van der Waals surface area contributed by atoms with Gasteiger partial charge in [-0.1, -0.05) is 45.9 Å². The molecule has 0 bridgehead atoms. The first kappa shape index (κ1) is 21.3. The van der Waals surface area contributed by atoms with Crippen LogP contribution < -0.4 is 20.1 Å². The Morgan fingerprint density at radius 2 is 1.39 bits per heavy atom. The predicted octanol–water partition coefficient (Wildman–Crippen LogP) is 4.53. The number of para-hydroxylation sites is 1. The van der Waals surface area contributed by atoms with E-state index in [1.54, 1.807) is 18.2 Å². The molecule has 0 aliphatic rings. The van der Waals surface area contributed by atoms with Gasteiger partial charge in [-0.25, -0.2) is 0 Å². The van der Waals surface area contributed by atoms with Crippen molar-refractivity contribution in [1.29, 1.82) is 0 Å². The van der Waals surface area contributed by atoms with Gasteiger partial charge in [0.2, 0.25) is 0 Å². The Balaban J connectivity index is 2.28. The van der Waals surface area contributed by atoms with Gasteiger partial charge in [0.1, 0.15) is 11.5 Å². The van der Waals surface area contributed by atoms with Crippen LogP contribution in [-0.4, -0.2) is 26.0 Å². The van der Waals surface area contributed by atoms with Gasteiger partial charge in [-0.2, -0.15) is 0 Å². The third-order valence-electron chi connectivity index (χ3n) is 4.47. The van der Waals surface area contributed by atoms with Crippen molar-refractivity contribution in [2.75, 3.05) is 24.9 Å². The quantitative estimate of drug-likeness (QED) is 0.718. The number of methoxy groups -OCH3 is 2. The third kappa shape index (κ3) is 4.82. The lowest BCUT2D eigenvalue weighted by Crippen LogP contribution is -2.30. The van der Waals surface area contributed by atoms with Crippen LogP contribution in [0.1, 0.15) is 50.7 Å². The second-order valence-corrected chi connectivity index (χ2v) is 7.10. The molecular formula is C22H28N2O4. The highest BCUT2D eigenvalue weighted by Crippen LogP contribution is 2.33. The average Bonchev–Trinajstić information content (AvgIpc) is 2.67. The lowest BCUT2D eigenvalue weighted by molar-refractivity contribution is -0.133. The van der Waals surface area contributed by atoms with Crippen molar-refractivity contribution >= 4 is 23.2 Å². The van der Waals surface area contributed by atoms with Crippen molar-refractivity contribution in [3.8, 4) is 11.5 Å². The first-order valence-electron chi connectivity index (χ1n) is 9.25. The van der Waals surface area contributed by atoms with Gasteiger partial charge >= 0.3 is 11.8 Å². The molecule has 0 heterocycles. The van der Waals surface area contributed by atoms with Crippen molar-refractivity contribution in [1.82, 2.24) is 0 Å². The minimum Gasteiger partial charge on any atom is -0.497 e. The van der Waals surface area contributed by atoms with Gasteiger partial charge in [0, 0.05) is 11.8 Å². The summed E-state index contributed by atoms with van der Waals surface area (Å²) in [6.45, 7) is 8.21. The SMILES string of the molecule is COc1ccc(OC)c(NC(=O)C(=O)Nc2c(C(C)C)cccc2C(C)C)c1. The van der Waals surface area contributed by atoms with E-state index >= 15 is 0 Å². The smallest absolute Gasteiger partial charge is 0.314 e. The summed E-state index contributed by atoms with van der Waals surface area (Å²) >= 11 is 0. The van der Waals surface area contributed by atoms with Gasteiger partial charge in [0.25, 0.3) is 0 Å². The minimum absolute atomic E-state index is 0.204. The number of ether oxygens (including phenoxy) is 2. The highest BCUT2D eigenvalue weighted by atomic mass is 16.5. The highest BCUT2D eigenvalue weighted by Gasteiger charge is 2.21. The van der Waals surface area contributed by atoms with E-state index in [2.05, 4.69) is 38.3 Å². The molecule has 2 rings (SSSR count). The van der Waals surface area contributed by atoms with Gasteiger partial charge in [-0.05, 0) is 35.1 Å². The van der Waals surface area contributed by atoms with Gasteiger partial charge in [0.05, 0.1) is 19.9 Å². The number of rotatable bonds is 6. The van der Waals surface area contributed by atoms with E-state index in [9.17, 15) is 9.59 Å². The van der Waals surface area contributed by atoms with E-state index in [0.29, 0.717) is 22.9 Å². The van der Waals surface area contributed by atoms with Crippen molar-refractivity contribution in [2.24, 2.45) is 0 Å². The Hall–Kier alpha value is -3.02. The predicted molar refractivity (Wildman–Crippen MR) is 111 cm³/mol. The van der Waals surface area contributed by atoms with Crippen LogP contribution in [0, 0.1) is 0 Å². The van der Waals surface area contributed by atoms with Crippen LogP contribution in [-0.2, 0) is 9.59 Å². The van der Waals surface area contributed by atoms with Crippen LogP contribution in [0.25, 0.3) is 0 Å². The van der Waals surface area contributed by atoms with Gasteiger partial charge < -0.3 is 20.1 Å². The summed E-state index contributed by atoms with van der Waals surface area (Å²) in [5.41, 5.74) is 3.05. The number of carbonyl (C=O) groups is 2. The molecule has 2 aromatic rings. The molecule has 0 aromatic heterocycles. The van der Waals surface area contributed by atoms with E-state index in [4.69, 9.17) is 9.47 Å². The molecule has 0 radical (unpaired) electrons. The number of hydrogen-bond acceptors (Lipinski definition) is 4. The zero-order valence-electron chi connectivity index (χ0n) is 17.3. The van der Waals surface area contributed by atoms with Crippen LogP contribution >= 0.6 is 0 Å². The highest BCUT2D eigenvalue weighted by molar-refractivity contribution is 6.44. The molecule has 6 heteroatoms. The van der Waals surface area contributed by atoms with Gasteiger partial charge in [0.15, 0.2) is 0 Å². The summed E-state index contributed by atoms with van der Waals surface area (Å²) in [6, 6.07) is 10.9. The normalized spacial score (nSPS) is 10.7. The van der Waals surface area contributed by atoms with Crippen molar-refractivity contribution in [2.45, 2.75) is 39.5 Å². The largest absolute Gasteiger partial charge is 0.497 e. The lowest BCUT2D eigenvalue weighted by atomic mass is 9.92. The number of hydrogen-bond donors (Lipinski definition) is 2. The minimum atomic E-state index is -0.778. The molecule has 0 unspecified atom stereocenters. The average molecular weight is 384 g/mol. The summed E-state index contributed by atoms with van der Waals surface area (Å²) in [7, 11) is 3.02. The van der Waals surface area contributed by atoms with E-state index in [1.807, 2.05) is 18.2 Å². The molecule has 150 valence electrons. The Labute approximate surface area is 166 Å². The van der Waals surface area contributed by atoms with E-state index in [-0.39, 0.29) is 11.8 Å². The maximum Gasteiger partial charge on any atom is 0.314 e. The van der Waals surface area contributed by atoms with Crippen LogP contribution in [0.4, 0.5) is 11.4 Å². The molecule has 6 nitrogen and oxygen atoms in total. The zero-order chi connectivity index (χ0) is 20.8. The third-order valence-corrected chi connectivity index (χ3v) is 4.47. The summed E-state index contributed by atoms with van der Waals surface area (Å²) in [6.07, 6.45) is 0. The molecule has 0 aliphatic heterocycles. The van der Waals surface area contributed by atoms with Gasteiger partial charge in [-0.3, -0.25) is 9.59 Å². The second kappa shape index (κ2) is 9.26. The molecule has 0 saturated heterocycles. The number of benzene rings is 2. The summed E-state index contributed by atoms with van der Waals surface area (Å²) in [5.74, 6) is -0.123. The van der Waals surface area contributed by atoms with Crippen LogP contribution in [0.5, 0.6) is 11.5 Å². The molecule has 28 heavy (non-hydrogen) atoms. The summed E-state index contributed by atoms with van der Waals surface area (Å²) < 4.78 is 10.4. The first-order valence-corrected chi connectivity index (χ1v) is 9.25. The molecule has 0 spiro atoms. The first-order chi connectivity index (χ1) is 13.3. The van der Waals surface area contributed by atoms with E-state index in [0.717, 1.165) is 11.1 Å². The van der Waals surface area contributed by atoms with E-state index < -0.39 is 11.8 Å². The monoisotopic (exact) mass is 384 g/mol. The molecule has 2 amide bonds. The summed E-state index contributed by atoms with van der Waals surface area (Å²) in [4.78, 5) is 25.2. The number of nitrogens with one attached hydrogen (secondary N) is 2. The van der Waals surface area contributed by atoms with Crippen molar-refractivity contribution in [3.05, 3.63) is 47.5 Å². The van der Waals surface area contributed by atoms with Crippen LogP contribution in [0.3, 0.4) is 0 Å². The van der Waals surface area contributed by atoms with Crippen LogP contribution in [0.2, 0.25) is 0 Å². The Bertz CT molecular complexity index is 833. The molecule has 2 N–H and O–H groups in total. The fraction of sp³-hybridized carbons (Fsp3) is 0.364. The maximum atomic E-state index is 12.6. The molecule has 0 saturated carbocycles. The Morgan fingerprint density at radius 3 is 1.89 bits per heavy atom. The Kier molecular flexibility index (Phi) is 7.04. The maximum absolute atomic E-state index is 12.6. The molecular weight excluding hydrogens is 356 g/mol.